The zero-order valence-electron chi connectivity index (χ0n) is 23.9. The summed E-state index contributed by atoms with van der Waals surface area (Å²) in [5, 5.41) is 24.6. The first-order valence-corrected chi connectivity index (χ1v) is 15.3. The third kappa shape index (κ3) is 5.43. The number of nitro benzene ring substituents is 1. The molecule has 1 saturated carbocycles. The minimum atomic E-state index is -0.415. The van der Waals surface area contributed by atoms with Gasteiger partial charge >= 0.3 is 0 Å². The number of fused-ring (bicyclic) bond motifs is 1. The average molecular weight is 599 g/mol. The molecule has 1 aliphatic heterocycles. The van der Waals surface area contributed by atoms with Gasteiger partial charge in [-0.1, -0.05) is 11.3 Å². The van der Waals surface area contributed by atoms with Gasteiger partial charge < -0.3 is 14.8 Å². The molecule has 0 radical (unpaired) electrons. The molecule has 220 valence electrons. The Bertz CT molecular complexity index is 1790. The monoisotopic (exact) mass is 598 g/mol. The summed E-state index contributed by atoms with van der Waals surface area (Å²) in [7, 11) is 0. The van der Waals surface area contributed by atoms with Crippen LogP contribution in [-0.4, -0.2) is 61.8 Å². The number of imidazole rings is 1. The number of piperazine rings is 1. The van der Waals surface area contributed by atoms with Gasteiger partial charge in [0.05, 0.1) is 27.3 Å². The van der Waals surface area contributed by atoms with Gasteiger partial charge in [0.2, 0.25) is 5.13 Å². The Morgan fingerprint density at radius 2 is 1.67 bits per heavy atom. The van der Waals surface area contributed by atoms with E-state index in [1.54, 1.807) is 24.3 Å². The molecule has 3 aromatic carbocycles. The highest BCUT2D eigenvalue weighted by molar-refractivity contribution is 7.18. The Morgan fingerprint density at radius 3 is 2.33 bits per heavy atom. The molecule has 10 nitrogen and oxygen atoms in total. The van der Waals surface area contributed by atoms with E-state index in [1.807, 2.05) is 0 Å². The van der Waals surface area contributed by atoms with Gasteiger partial charge in [0, 0.05) is 61.5 Å². The lowest BCUT2D eigenvalue weighted by Crippen LogP contribution is -2.49. The molecule has 0 unspecified atom stereocenters. The minimum Gasteiger partial charge on any atom is -0.367 e. The first-order chi connectivity index (χ1) is 20.8. The van der Waals surface area contributed by atoms with Crippen LogP contribution in [0.5, 0.6) is 0 Å². The van der Waals surface area contributed by atoms with Gasteiger partial charge in [-0.3, -0.25) is 15.0 Å². The second-order valence-electron chi connectivity index (χ2n) is 11.4. The molecule has 1 aliphatic carbocycles. The number of non-ortho nitro benzene ring substituents is 1. The summed E-state index contributed by atoms with van der Waals surface area (Å²) in [4.78, 5) is 20.6. The summed E-state index contributed by atoms with van der Waals surface area (Å²) in [5.41, 5.74) is 5.59. The van der Waals surface area contributed by atoms with Crippen molar-refractivity contribution in [3.05, 3.63) is 76.6 Å². The highest BCUT2D eigenvalue weighted by atomic mass is 32.1. The van der Waals surface area contributed by atoms with Gasteiger partial charge in [-0.2, -0.15) is 0 Å². The molecule has 0 amide bonds. The summed E-state index contributed by atoms with van der Waals surface area (Å²) >= 11 is 1.39. The molecular formula is C31H31FN8O2S. The molecule has 1 N–H and O–H groups in total. The number of hydrogen-bond acceptors (Lipinski definition) is 9. The zero-order chi connectivity index (χ0) is 29.7. The molecule has 0 bridgehead atoms. The molecule has 43 heavy (non-hydrogen) atoms. The number of benzene rings is 3. The van der Waals surface area contributed by atoms with Gasteiger partial charge in [-0.05, 0) is 75.2 Å². The van der Waals surface area contributed by atoms with Gasteiger partial charge in [-0.15, -0.1) is 10.2 Å². The highest BCUT2D eigenvalue weighted by Crippen LogP contribution is 2.44. The van der Waals surface area contributed by atoms with Crippen LogP contribution in [0.1, 0.15) is 32.7 Å². The second kappa shape index (κ2) is 11.0. The largest absolute Gasteiger partial charge is 0.367 e. The topological polar surface area (TPSA) is 105 Å². The van der Waals surface area contributed by atoms with Crippen LogP contribution < -0.4 is 10.2 Å². The third-order valence-electron chi connectivity index (χ3n) is 8.20. The van der Waals surface area contributed by atoms with Crippen LogP contribution in [0.2, 0.25) is 0 Å². The van der Waals surface area contributed by atoms with Crippen molar-refractivity contribution in [3.8, 4) is 22.0 Å². The predicted molar refractivity (Wildman–Crippen MR) is 168 cm³/mol. The number of rotatable bonds is 8. The maximum absolute atomic E-state index is 13.8. The molecule has 7 rings (SSSR count). The number of nitrogens with zero attached hydrogens (tertiary/aromatic N) is 7. The van der Waals surface area contributed by atoms with Crippen molar-refractivity contribution < 1.29 is 9.31 Å². The van der Waals surface area contributed by atoms with E-state index in [9.17, 15) is 14.5 Å². The lowest BCUT2D eigenvalue weighted by atomic mass is 10.1. The first kappa shape index (κ1) is 27.4. The van der Waals surface area contributed by atoms with Gasteiger partial charge in [0.1, 0.15) is 16.6 Å². The lowest BCUT2D eigenvalue weighted by Gasteiger charge is -2.38. The van der Waals surface area contributed by atoms with Crippen LogP contribution in [0.4, 0.5) is 26.6 Å². The van der Waals surface area contributed by atoms with E-state index < -0.39 is 4.92 Å². The fourth-order valence-corrected chi connectivity index (χ4v) is 6.47. The number of anilines is 3. The Hall–Kier alpha value is -4.42. The highest BCUT2D eigenvalue weighted by Gasteiger charge is 2.30. The smallest absolute Gasteiger partial charge is 0.269 e. The molecule has 2 aromatic heterocycles. The van der Waals surface area contributed by atoms with Crippen LogP contribution in [0.15, 0.2) is 60.7 Å². The van der Waals surface area contributed by atoms with Crippen LogP contribution >= 0.6 is 11.3 Å². The quantitative estimate of drug-likeness (QED) is 0.152. The summed E-state index contributed by atoms with van der Waals surface area (Å²) in [6.45, 7) is 8.20. The molecule has 5 aromatic rings. The summed E-state index contributed by atoms with van der Waals surface area (Å²) in [6.07, 6.45) is 2.19. The maximum atomic E-state index is 13.8. The molecule has 2 fully saturated rings. The Kier molecular flexibility index (Phi) is 7.02. The van der Waals surface area contributed by atoms with E-state index >= 15 is 0 Å². The normalized spacial score (nSPS) is 15.9. The van der Waals surface area contributed by atoms with Gasteiger partial charge in [-0.25, -0.2) is 9.37 Å². The van der Waals surface area contributed by atoms with E-state index in [4.69, 9.17) is 4.98 Å². The fraction of sp³-hybridized carbons (Fsp3) is 0.323. The molecule has 1 saturated heterocycles. The van der Waals surface area contributed by atoms with Crippen molar-refractivity contribution in [2.24, 2.45) is 0 Å². The SMILES string of the molecule is CC(C)N1CCN(c2cc3c(cc2Nc2nnc(-c4ccc([N+](=O)[O-])cc4)s2)nc(-c2ccc(F)cc2)n3C2CC2)CC1. The van der Waals surface area contributed by atoms with E-state index in [0.29, 0.717) is 22.2 Å². The van der Waals surface area contributed by atoms with Crippen molar-refractivity contribution in [1.82, 2.24) is 24.6 Å². The lowest BCUT2D eigenvalue weighted by molar-refractivity contribution is -0.384. The van der Waals surface area contributed by atoms with Crippen molar-refractivity contribution in [1.29, 1.82) is 0 Å². The van der Waals surface area contributed by atoms with E-state index in [2.05, 4.69) is 55.9 Å². The summed E-state index contributed by atoms with van der Waals surface area (Å²) < 4.78 is 16.1. The molecular weight excluding hydrogens is 567 g/mol. The predicted octanol–water partition coefficient (Wildman–Crippen LogP) is 6.88. The van der Waals surface area contributed by atoms with Crippen LogP contribution in [0.25, 0.3) is 33.0 Å². The maximum Gasteiger partial charge on any atom is 0.269 e. The number of nitro groups is 1. The van der Waals surface area contributed by atoms with Crippen molar-refractivity contribution in [2.75, 3.05) is 36.4 Å². The molecule has 3 heterocycles. The zero-order valence-corrected chi connectivity index (χ0v) is 24.7. The second-order valence-corrected chi connectivity index (χ2v) is 12.3. The average Bonchev–Trinajstić information content (AvgIpc) is 3.63. The summed E-state index contributed by atoms with van der Waals surface area (Å²) in [5.74, 6) is 0.582. The van der Waals surface area contributed by atoms with Gasteiger partial charge in [0.15, 0.2) is 0 Å². The van der Waals surface area contributed by atoms with E-state index in [-0.39, 0.29) is 11.5 Å². The molecule has 12 heteroatoms. The fourth-order valence-electron chi connectivity index (χ4n) is 5.71. The van der Waals surface area contributed by atoms with Crippen molar-refractivity contribution in [2.45, 2.75) is 38.8 Å². The van der Waals surface area contributed by atoms with Crippen LogP contribution in [0.3, 0.4) is 0 Å². The number of aromatic nitrogens is 4. The molecule has 2 aliphatic rings. The minimum absolute atomic E-state index is 0.0350. The van der Waals surface area contributed by atoms with Crippen LogP contribution in [0, 0.1) is 15.9 Å². The van der Waals surface area contributed by atoms with Crippen molar-refractivity contribution >= 4 is 44.6 Å². The Labute approximate surface area is 251 Å². The van der Waals surface area contributed by atoms with E-state index in [0.717, 1.165) is 78.4 Å². The number of hydrogen-bond donors (Lipinski definition) is 1. The number of nitrogens with one attached hydrogen (secondary N) is 1. The van der Waals surface area contributed by atoms with Gasteiger partial charge in [0.25, 0.3) is 5.69 Å². The third-order valence-corrected chi connectivity index (χ3v) is 9.09. The molecule has 0 spiro atoms. The number of halogens is 1. The Morgan fingerprint density at radius 1 is 0.977 bits per heavy atom. The Balaban J connectivity index is 1.28. The summed E-state index contributed by atoms with van der Waals surface area (Å²) in [6, 6.07) is 18.1. The molecule has 0 atom stereocenters. The van der Waals surface area contributed by atoms with E-state index in [1.165, 1.54) is 35.6 Å². The van der Waals surface area contributed by atoms with Crippen molar-refractivity contribution in [3.63, 3.8) is 0 Å². The van der Waals surface area contributed by atoms with Crippen LogP contribution in [-0.2, 0) is 0 Å². The first-order valence-electron chi connectivity index (χ1n) is 14.5. The standard InChI is InChI=1S/C31H31FN8O2S/c1-19(2)37-13-15-38(16-14-37)27-18-28-26(33-29(39(28)23-11-12-23)20-3-7-22(32)8-4-20)17-25(27)34-31-36-35-30(43-31)21-5-9-24(10-6-21)40(41)42/h3-10,17-19,23H,11-16H2,1-2H3,(H,34,36).